The van der Waals surface area contributed by atoms with Crippen LogP contribution in [0.4, 0.5) is 5.95 Å². The SMILES string of the molecule is COCCSc1nc(N)nc(-n2cccn2)n1. The van der Waals surface area contributed by atoms with E-state index in [0.717, 1.165) is 5.75 Å². The summed E-state index contributed by atoms with van der Waals surface area (Å²) in [6.45, 7) is 0.632. The molecule has 0 saturated carbocycles. The largest absolute Gasteiger partial charge is 0.384 e. The summed E-state index contributed by atoms with van der Waals surface area (Å²) in [6, 6.07) is 1.79. The summed E-state index contributed by atoms with van der Waals surface area (Å²) in [5, 5.41) is 4.61. The molecule has 0 radical (unpaired) electrons. The van der Waals surface area contributed by atoms with Gasteiger partial charge in [0.05, 0.1) is 6.61 Å². The molecule has 7 nitrogen and oxygen atoms in total. The van der Waals surface area contributed by atoms with Gasteiger partial charge in [-0.05, 0) is 6.07 Å². The smallest absolute Gasteiger partial charge is 0.256 e. The molecule has 2 heterocycles. The van der Waals surface area contributed by atoms with Gasteiger partial charge in [-0.1, -0.05) is 11.8 Å². The summed E-state index contributed by atoms with van der Waals surface area (Å²) in [5.74, 6) is 1.37. The summed E-state index contributed by atoms with van der Waals surface area (Å²) >= 11 is 1.46. The fourth-order valence-corrected chi connectivity index (χ4v) is 1.87. The summed E-state index contributed by atoms with van der Waals surface area (Å²) < 4.78 is 6.50. The number of thioether (sulfide) groups is 1. The highest BCUT2D eigenvalue weighted by Crippen LogP contribution is 2.14. The molecule has 2 aromatic heterocycles. The summed E-state index contributed by atoms with van der Waals surface area (Å²) in [7, 11) is 1.65. The Labute approximate surface area is 102 Å². The first-order valence-electron chi connectivity index (χ1n) is 4.93. The molecule has 8 heteroatoms. The monoisotopic (exact) mass is 252 g/mol. The first-order chi connectivity index (χ1) is 8.29. The number of nitrogens with zero attached hydrogens (tertiary/aromatic N) is 5. The lowest BCUT2D eigenvalue weighted by molar-refractivity contribution is 0.218. The molecule has 0 aliphatic heterocycles. The Morgan fingerprint density at radius 1 is 1.41 bits per heavy atom. The Bertz CT molecular complexity index is 474. The molecule has 0 aliphatic carbocycles. The number of ether oxygens (including phenoxy) is 1. The van der Waals surface area contributed by atoms with Crippen LogP contribution in [-0.4, -0.2) is 44.2 Å². The Morgan fingerprint density at radius 3 is 3.00 bits per heavy atom. The molecule has 0 aromatic carbocycles. The average Bonchev–Trinajstić information content (AvgIpc) is 2.82. The van der Waals surface area contributed by atoms with Gasteiger partial charge in [0, 0.05) is 25.3 Å². The number of aromatic nitrogens is 5. The van der Waals surface area contributed by atoms with E-state index in [0.29, 0.717) is 17.7 Å². The van der Waals surface area contributed by atoms with Crippen LogP contribution in [-0.2, 0) is 4.74 Å². The first-order valence-corrected chi connectivity index (χ1v) is 5.91. The van der Waals surface area contributed by atoms with Crippen LogP contribution in [0, 0.1) is 0 Å². The van der Waals surface area contributed by atoms with E-state index in [2.05, 4.69) is 20.1 Å². The molecule has 0 fully saturated rings. The third kappa shape index (κ3) is 3.14. The molecule has 0 aliphatic rings. The summed E-state index contributed by atoms with van der Waals surface area (Å²) in [5.41, 5.74) is 5.62. The van der Waals surface area contributed by atoms with E-state index in [4.69, 9.17) is 10.5 Å². The van der Waals surface area contributed by atoms with E-state index in [1.807, 2.05) is 0 Å². The minimum atomic E-state index is 0.186. The number of anilines is 1. The molecule has 0 spiro atoms. The molecule has 17 heavy (non-hydrogen) atoms. The van der Waals surface area contributed by atoms with Crippen molar-refractivity contribution in [2.45, 2.75) is 5.16 Å². The fraction of sp³-hybridized carbons (Fsp3) is 0.333. The molecule has 2 aromatic rings. The van der Waals surface area contributed by atoms with Gasteiger partial charge in [-0.25, -0.2) is 4.68 Å². The highest BCUT2D eigenvalue weighted by Gasteiger charge is 2.06. The Kier molecular flexibility index (Phi) is 3.89. The maximum Gasteiger partial charge on any atom is 0.256 e. The standard InChI is InChI=1S/C9H12N6OS/c1-16-5-6-17-9-13-7(10)12-8(14-9)15-4-2-3-11-15/h2-4H,5-6H2,1H3,(H2,10,12,13,14). The Morgan fingerprint density at radius 2 is 2.29 bits per heavy atom. The van der Waals surface area contributed by atoms with Crippen molar-refractivity contribution in [3.63, 3.8) is 0 Å². The molecule has 2 rings (SSSR count). The first kappa shape index (κ1) is 11.8. The third-order valence-corrected chi connectivity index (χ3v) is 2.66. The van der Waals surface area contributed by atoms with Gasteiger partial charge in [-0.3, -0.25) is 0 Å². The van der Waals surface area contributed by atoms with Crippen LogP contribution in [0.1, 0.15) is 0 Å². The quantitative estimate of drug-likeness (QED) is 0.607. The summed E-state index contributed by atoms with van der Waals surface area (Å²) in [6.07, 6.45) is 3.40. The number of hydrogen-bond donors (Lipinski definition) is 1. The van der Waals surface area contributed by atoms with E-state index in [1.165, 1.54) is 11.8 Å². The lowest BCUT2D eigenvalue weighted by atomic mass is 10.7. The molecule has 0 bridgehead atoms. The van der Waals surface area contributed by atoms with Gasteiger partial charge in [0.25, 0.3) is 5.95 Å². The van der Waals surface area contributed by atoms with Crippen LogP contribution in [0.3, 0.4) is 0 Å². The van der Waals surface area contributed by atoms with Crippen LogP contribution in [0.15, 0.2) is 23.6 Å². The molecular formula is C9H12N6OS. The normalized spacial score (nSPS) is 10.6. The zero-order valence-corrected chi connectivity index (χ0v) is 10.1. The number of nitrogen functional groups attached to an aromatic ring is 1. The number of nitrogens with two attached hydrogens (primary N) is 1. The third-order valence-electron chi connectivity index (χ3n) is 1.85. The predicted molar refractivity (Wildman–Crippen MR) is 64.0 cm³/mol. The van der Waals surface area contributed by atoms with Gasteiger partial charge >= 0.3 is 0 Å². The molecule has 0 atom stereocenters. The van der Waals surface area contributed by atoms with Crippen LogP contribution in [0.25, 0.3) is 5.95 Å². The van der Waals surface area contributed by atoms with E-state index < -0.39 is 0 Å². The van der Waals surface area contributed by atoms with Crippen LogP contribution in [0.5, 0.6) is 0 Å². The highest BCUT2D eigenvalue weighted by molar-refractivity contribution is 7.99. The van der Waals surface area contributed by atoms with Gasteiger partial charge in [0.15, 0.2) is 5.16 Å². The van der Waals surface area contributed by atoms with E-state index >= 15 is 0 Å². The van der Waals surface area contributed by atoms with E-state index in [9.17, 15) is 0 Å². The number of methoxy groups -OCH3 is 1. The number of hydrogen-bond acceptors (Lipinski definition) is 7. The van der Waals surface area contributed by atoms with Crippen molar-refractivity contribution in [1.82, 2.24) is 24.7 Å². The lowest BCUT2D eigenvalue weighted by Gasteiger charge is -2.03. The van der Waals surface area contributed by atoms with Gasteiger partial charge in [-0.2, -0.15) is 20.1 Å². The van der Waals surface area contributed by atoms with Crippen LogP contribution in [0.2, 0.25) is 0 Å². The van der Waals surface area contributed by atoms with Gasteiger partial charge in [0.2, 0.25) is 5.95 Å². The topological polar surface area (TPSA) is 91.7 Å². The van der Waals surface area contributed by atoms with Crippen LogP contribution >= 0.6 is 11.8 Å². The van der Waals surface area contributed by atoms with Crippen molar-refractivity contribution in [2.24, 2.45) is 0 Å². The maximum absolute atomic E-state index is 5.62. The average molecular weight is 252 g/mol. The van der Waals surface area contributed by atoms with E-state index in [1.54, 1.807) is 30.3 Å². The Balaban J connectivity index is 2.18. The van der Waals surface area contributed by atoms with Crippen molar-refractivity contribution in [3.8, 4) is 5.95 Å². The molecular weight excluding hydrogens is 240 g/mol. The zero-order chi connectivity index (χ0) is 12.1. The molecule has 90 valence electrons. The molecule has 0 saturated heterocycles. The number of rotatable bonds is 5. The van der Waals surface area contributed by atoms with Crippen molar-refractivity contribution in [2.75, 3.05) is 25.2 Å². The Hall–Kier alpha value is -1.67. The molecule has 0 amide bonds. The van der Waals surface area contributed by atoms with E-state index in [-0.39, 0.29) is 5.95 Å². The predicted octanol–water partition coefficient (Wildman–Crippen LogP) is 0.378. The highest BCUT2D eigenvalue weighted by atomic mass is 32.2. The van der Waals surface area contributed by atoms with Crippen molar-refractivity contribution in [1.29, 1.82) is 0 Å². The van der Waals surface area contributed by atoms with Crippen molar-refractivity contribution >= 4 is 17.7 Å². The minimum absolute atomic E-state index is 0.186. The second-order valence-corrected chi connectivity index (χ2v) is 4.13. The van der Waals surface area contributed by atoms with Crippen LogP contribution < -0.4 is 5.73 Å². The van der Waals surface area contributed by atoms with Gasteiger partial charge < -0.3 is 10.5 Å². The molecule has 2 N–H and O–H groups in total. The fourth-order valence-electron chi connectivity index (χ4n) is 1.13. The van der Waals surface area contributed by atoms with Gasteiger partial charge in [-0.15, -0.1) is 0 Å². The molecule has 0 unspecified atom stereocenters. The lowest BCUT2D eigenvalue weighted by Crippen LogP contribution is -2.08. The van der Waals surface area contributed by atoms with Crippen molar-refractivity contribution in [3.05, 3.63) is 18.5 Å². The zero-order valence-electron chi connectivity index (χ0n) is 9.28. The van der Waals surface area contributed by atoms with Crippen molar-refractivity contribution < 1.29 is 4.74 Å². The van der Waals surface area contributed by atoms with Gasteiger partial charge in [0.1, 0.15) is 0 Å². The minimum Gasteiger partial charge on any atom is -0.384 e. The second kappa shape index (κ2) is 5.60. The summed E-state index contributed by atoms with van der Waals surface area (Å²) in [4.78, 5) is 12.3. The second-order valence-electron chi connectivity index (χ2n) is 3.07. The maximum atomic E-state index is 5.62.